The third-order valence-corrected chi connectivity index (χ3v) is 6.16. The van der Waals surface area contributed by atoms with Crippen molar-refractivity contribution in [2.24, 2.45) is 5.92 Å². The van der Waals surface area contributed by atoms with E-state index in [4.69, 9.17) is 4.74 Å². The number of non-ortho nitro benzene ring substituents is 1. The molecule has 30 heavy (non-hydrogen) atoms. The van der Waals surface area contributed by atoms with E-state index in [0.29, 0.717) is 6.54 Å². The molecule has 3 aliphatic rings. The minimum absolute atomic E-state index is 0.153. The molecule has 3 fully saturated rings. The number of nitro groups is 1. The largest absolute Gasteiger partial charge is 0.497 e. The first-order valence-corrected chi connectivity index (χ1v) is 9.80. The van der Waals surface area contributed by atoms with Crippen LogP contribution in [0.5, 0.6) is 5.75 Å². The predicted octanol–water partition coefficient (Wildman–Crippen LogP) is 2.14. The molecule has 3 aliphatic heterocycles. The number of hydrazine groups is 1. The molecule has 3 saturated heterocycles. The van der Waals surface area contributed by atoms with Crippen molar-refractivity contribution in [2.75, 3.05) is 25.1 Å². The van der Waals surface area contributed by atoms with Crippen molar-refractivity contribution < 1.29 is 19.2 Å². The molecular formula is C21H20N4O5. The minimum Gasteiger partial charge on any atom is -0.497 e. The maximum atomic E-state index is 13.5. The van der Waals surface area contributed by atoms with Gasteiger partial charge in [0.05, 0.1) is 29.7 Å². The molecule has 3 heterocycles. The fourth-order valence-corrected chi connectivity index (χ4v) is 4.91. The molecule has 0 spiro atoms. The number of fused-ring (bicyclic) bond motifs is 3. The smallest absolute Gasteiger partial charge is 0.271 e. The summed E-state index contributed by atoms with van der Waals surface area (Å²) in [6.07, 6.45) is 0.911. The van der Waals surface area contributed by atoms with Crippen molar-refractivity contribution in [3.8, 4) is 5.75 Å². The number of hydrogen-bond donors (Lipinski definition) is 0. The Morgan fingerprint density at radius 2 is 1.70 bits per heavy atom. The molecule has 5 rings (SSSR count). The number of benzene rings is 2. The Kier molecular flexibility index (Phi) is 4.30. The molecule has 0 bridgehead atoms. The highest BCUT2D eigenvalue weighted by Crippen LogP contribution is 2.49. The van der Waals surface area contributed by atoms with Crippen LogP contribution in [0.1, 0.15) is 18.0 Å². The molecule has 0 aliphatic carbocycles. The second-order valence-electron chi connectivity index (χ2n) is 7.66. The zero-order valence-corrected chi connectivity index (χ0v) is 16.3. The number of carbonyl (C=O) groups excluding carboxylic acids is 2. The van der Waals surface area contributed by atoms with E-state index in [0.717, 1.165) is 29.2 Å². The molecule has 0 radical (unpaired) electrons. The first-order valence-electron chi connectivity index (χ1n) is 9.80. The number of amides is 2. The number of carbonyl (C=O) groups is 2. The van der Waals surface area contributed by atoms with E-state index in [9.17, 15) is 19.7 Å². The highest BCUT2D eigenvalue weighted by Gasteiger charge is 2.62. The van der Waals surface area contributed by atoms with E-state index in [1.54, 1.807) is 13.2 Å². The fraction of sp³-hybridized carbons (Fsp3) is 0.333. The summed E-state index contributed by atoms with van der Waals surface area (Å²) >= 11 is 0. The number of rotatable bonds is 4. The summed E-state index contributed by atoms with van der Waals surface area (Å²) < 4.78 is 5.24. The van der Waals surface area contributed by atoms with Gasteiger partial charge >= 0.3 is 0 Å². The summed E-state index contributed by atoms with van der Waals surface area (Å²) in [5.74, 6) is -0.488. The van der Waals surface area contributed by atoms with Crippen molar-refractivity contribution >= 4 is 23.2 Å². The quantitative estimate of drug-likeness (QED) is 0.434. The van der Waals surface area contributed by atoms with Crippen LogP contribution in [0.2, 0.25) is 0 Å². The number of imide groups is 1. The molecule has 0 aromatic heterocycles. The third kappa shape index (κ3) is 2.62. The van der Waals surface area contributed by atoms with Gasteiger partial charge < -0.3 is 4.74 Å². The Labute approximate surface area is 172 Å². The Balaban J connectivity index is 1.55. The normalized spacial score (nSPS) is 26.2. The SMILES string of the molecule is COc1ccc([C@@H]2[C@H]3C(=O)N(c4cccc([N+](=O)[O-])c4)C(=O)[C@@H]3N3CCCN23)cc1. The van der Waals surface area contributed by atoms with Crippen LogP contribution in [-0.2, 0) is 9.59 Å². The molecule has 2 amide bonds. The van der Waals surface area contributed by atoms with Gasteiger partial charge in [0.25, 0.3) is 11.6 Å². The Hall–Kier alpha value is -3.30. The lowest BCUT2D eigenvalue weighted by Gasteiger charge is -2.29. The summed E-state index contributed by atoms with van der Waals surface area (Å²) in [6, 6.07) is 12.4. The predicted molar refractivity (Wildman–Crippen MR) is 107 cm³/mol. The van der Waals surface area contributed by atoms with Gasteiger partial charge in [0.15, 0.2) is 0 Å². The van der Waals surface area contributed by atoms with Crippen LogP contribution in [0.15, 0.2) is 48.5 Å². The van der Waals surface area contributed by atoms with Gasteiger partial charge in [-0.05, 0) is 30.2 Å². The first-order chi connectivity index (χ1) is 14.5. The van der Waals surface area contributed by atoms with Gasteiger partial charge in [-0.2, -0.15) is 0 Å². The van der Waals surface area contributed by atoms with Crippen LogP contribution in [0, 0.1) is 16.0 Å². The van der Waals surface area contributed by atoms with E-state index in [1.807, 2.05) is 29.3 Å². The van der Waals surface area contributed by atoms with Gasteiger partial charge in [-0.1, -0.05) is 18.2 Å². The Morgan fingerprint density at radius 3 is 2.37 bits per heavy atom. The highest BCUT2D eigenvalue weighted by atomic mass is 16.6. The Bertz CT molecular complexity index is 1040. The molecule has 0 N–H and O–H groups in total. The van der Waals surface area contributed by atoms with E-state index < -0.39 is 16.9 Å². The average molecular weight is 408 g/mol. The van der Waals surface area contributed by atoms with E-state index in [2.05, 4.69) is 5.01 Å². The van der Waals surface area contributed by atoms with Gasteiger partial charge in [0, 0.05) is 25.2 Å². The van der Waals surface area contributed by atoms with Crippen LogP contribution < -0.4 is 9.64 Å². The molecule has 0 unspecified atom stereocenters. The van der Waals surface area contributed by atoms with Crippen LogP contribution in [0.25, 0.3) is 0 Å². The summed E-state index contributed by atoms with van der Waals surface area (Å²) in [7, 11) is 1.60. The van der Waals surface area contributed by atoms with Crippen molar-refractivity contribution in [1.29, 1.82) is 0 Å². The second kappa shape index (κ2) is 6.89. The lowest BCUT2D eigenvalue weighted by atomic mass is 9.90. The zero-order chi connectivity index (χ0) is 21.0. The van der Waals surface area contributed by atoms with Crippen LogP contribution in [0.4, 0.5) is 11.4 Å². The first kappa shape index (κ1) is 18.7. The monoisotopic (exact) mass is 408 g/mol. The summed E-state index contributed by atoms with van der Waals surface area (Å²) in [5, 5.41) is 15.3. The summed E-state index contributed by atoms with van der Waals surface area (Å²) in [5.41, 5.74) is 1.03. The molecule has 9 nitrogen and oxygen atoms in total. The summed E-state index contributed by atoms with van der Waals surface area (Å²) in [4.78, 5) is 38.6. The highest BCUT2D eigenvalue weighted by molar-refractivity contribution is 6.24. The number of hydrogen-bond acceptors (Lipinski definition) is 7. The van der Waals surface area contributed by atoms with Crippen LogP contribution in [-0.4, -0.2) is 53.0 Å². The number of anilines is 1. The third-order valence-electron chi connectivity index (χ3n) is 6.16. The molecule has 2 aromatic rings. The van der Waals surface area contributed by atoms with E-state index >= 15 is 0 Å². The van der Waals surface area contributed by atoms with Crippen molar-refractivity contribution in [3.63, 3.8) is 0 Å². The van der Waals surface area contributed by atoms with Crippen LogP contribution >= 0.6 is 0 Å². The van der Waals surface area contributed by atoms with Gasteiger partial charge in [0.1, 0.15) is 11.8 Å². The van der Waals surface area contributed by atoms with E-state index in [-0.39, 0.29) is 29.2 Å². The number of nitrogens with zero attached hydrogens (tertiary/aromatic N) is 4. The molecule has 0 saturated carbocycles. The molecule has 9 heteroatoms. The molecule has 154 valence electrons. The number of nitro benzene ring substituents is 1. The van der Waals surface area contributed by atoms with Gasteiger partial charge in [0.2, 0.25) is 5.91 Å². The standard InChI is InChI=1S/C21H20N4O5/c1-30-16-8-6-13(7-9-16)18-17-19(23-11-3-10-22(18)23)21(27)24(20(17)26)14-4-2-5-15(12-14)25(28)29/h2,4-9,12,17-19H,3,10-11H2,1H3/t17-,18-,19-/m1/s1. The van der Waals surface area contributed by atoms with Crippen LogP contribution in [0.3, 0.4) is 0 Å². The van der Waals surface area contributed by atoms with Crippen molar-refractivity contribution in [2.45, 2.75) is 18.5 Å². The number of methoxy groups -OCH3 is 1. The van der Waals surface area contributed by atoms with E-state index in [1.165, 1.54) is 18.2 Å². The topological polar surface area (TPSA) is 96.2 Å². The van der Waals surface area contributed by atoms with Crippen molar-refractivity contribution in [1.82, 2.24) is 10.0 Å². The Morgan fingerprint density at radius 1 is 1.00 bits per heavy atom. The van der Waals surface area contributed by atoms with Gasteiger partial charge in [-0.3, -0.25) is 19.7 Å². The molecular weight excluding hydrogens is 388 g/mol. The number of ether oxygens (including phenoxy) is 1. The minimum atomic E-state index is -0.591. The van der Waals surface area contributed by atoms with Gasteiger partial charge in [-0.25, -0.2) is 14.9 Å². The van der Waals surface area contributed by atoms with Crippen molar-refractivity contribution in [3.05, 3.63) is 64.2 Å². The molecule has 3 atom stereocenters. The van der Waals surface area contributed by atoms with Gasteiger partial charge in [-0.15, -0.1) is 0 Å². The lowest BCUT2D eigenvalue weighted by molar-refractivity contribution is -0.384. The second-order valence-corrected chi connectivity index (χ2v) is 7.66. The lowest BCUT2D eigenvalue weighted by Crippen LogP contribution is -2.44. The fourth-order valence-electron chi connectivity index (χ4n) is 4.91. The molecule has 2 aromatic carbocycles. The maximum absolute atomic E-state index is 13.5. The maximum Gasteiger partial charge on any atom is 0.271 e. The zero-order valence-electron chi connectivity index (χ0n) is 16.3. The summed E-state index contributed by atoms with van der Waals surface area (Å²) in [6.45, 7) is 1.48. The average Bonchev–Trinajstić information content (AvgIpc) is 3.40.